The summed E-state index contributed by atoms with van der Waals surface area (Å²) in [5, 5.41) is 10.7. The van der Waals surface area contributed by atoms with Crippen LogP contribution in [-0.2, 0) is 4.18 Å². The number of rotatable bonds is 4. The second-order valence-corrected chi connectivity index (χ2v) is 6.44. The predicted molar refractivity (Wildman–Crippen MR) is 73.5 cm³/mol. The second kappa shape index (κ2) is 5.19. The zero-order chi connectivity index (χ0) is 13.3. The molecule has 0 saturated carbocycles. The molecule has 0 aliphatic rings. The molecular formula is C13H19ClO2S. The highest BCUT2D eigenvalue weighted by molar-refractivity contribution is 7.94. The molecule has 0 fully saturated rings. The Hall–Kier alpha value is -0.220. The molecule has 4 heteroatoms. The number of hydrogen-bond acceptors (Lipinski definition) is 3. The lowest BCUT2D eigenvalue weighted by Crippen LogP contribution is -2.45. The molecule has 96 valence electrons. The molecule has 1 aromatic carbocycles. The molecule has 0 amide bonds. The fraction of sp³-hybridized carbons (Fsp3) is 0.538. The number of aryl methyl sites for hydroxylation is 1. The maximum atomic E-state index is 9.97. The van der Waals surface area contributed by atoms with Crippen LogP contribution in [-0.4, -0.2) is 16.3 Å². The molecule has 1 rings (SSSR count). The third kappa shape index (κ3) is 4.18. The Labute approximate surface area is 113 Å². The van der Waals surface area contributed by atoms with Crippen molar-refractivity contribution in [2.24, 2.45) is 0 Å². The van der Waals surface area contributed by atoms with Crippen molar-refractivity contribution in [1.29, 1.82) is 0 Å². The van der Waals surface area contributed by atoms with Crippen molar-refractivity contribution in [2.75, 3.05) is 0 Å². The van der Waals surface area contributed by atoms with E-state index in [1.807, 2.05) is 39.0 Å². The summed E-state index contributed by atoms with van der Waals surface area (Å²) in [7, 11) is 0. The van der Waals surface area contributed by atoms with Crippen LogP contribution in [0.5, 0.6) is 0 Å². The lowest BCUT2D eigenvalue weighted by molar-refractivity contribution is -0.0813. The van der Waals surface area contributed by atoms with Crippen molar-refractivity contribution in [1.82, 2.24) is 0 Å². The van der Waals surface area contributed by atoms with Crippen molar-refractivity contribution < 1.29 is 9.29 Å². The molecule has 0 unspecified atom stereocenters. The van der Waals surface area contributed by atoms with Gasteiger partial charge in [-0.3, -0.25) is 0 Å². The fourth-order valence-corrected chi connectivity index (χ4v) is 2.28. The van der Waals surface area contributed by atoms with Crippen LogP contribution in [0.25, 0.3) is 0 Å². The van der Waals surface area contributed by atoms with E-state index in [9.17, 15) is 5.11 Å². The van der Waals surface area contributed by atoms with Crippen LogP contribution in [0.15, 0.2) is 23.1 Å². The van der Waals surface area contributed by atoms with Gasteiger partial charge in [0.2, 0.25) is 0 Å². The summed E-state index contributed by atoms with van der Waals surface area (Å²) in [6, 6.07) is 5.74. The van der Waals surface area contributed by atoms with Crippen LogP contribution in [0.3, 0.4) is 0 Å². The number of benzene rings is 1. The van der Waals surface area contributed by atoms with E-state index in [1.54, 1.807) is 13.8 Å². The highest BCUT2D eigenvalue weighted by atomic mass is 35.5. The van der Waals surface area contributed by atoms with Crippen molar-refractivity contribution >= 4 is 23.6 Å². The first-order valence-corrected chi connectivity index (χ1v) is 6.59. The molecule has 0 saturated heterocycles. The van der Waals surface area contributed by atoms with E-state index in [4.69, 9.17) is 15.8 Å². The van der Waals surface area contributed by atoms with E-state index in [0.717, 1.165) is 10.5 Å². The SMILES string of the molecule is Cc1cc(Cl)cc(SOC(C)(C)C(C)(C)O)c1. The topological polar surface area (TPSA) is 29.5 Å². The summed E-state index contributed by atoms with van der Waals surface area (Å²) in [5.41, 5.74) is -0.466. The van der Waals surface area contributed by atoms with Gasteiger partial charge >= 0.3 is 0 Å². The molecule has 1 N–H and O–H groups in total. The standard InChI is InChI=1S/C13H19ClO2S/c1-9-6-10(14)8-11(7-9)17-16-13(4,5)12(2,3)15/h6-8,15H,1-5H3. The van der Waals surface area contributed by atoms with E-state index in [0.29, 0.717) is 5.02 Å². The lowest BCUT2D eigenvalue weighted by Gasteiger charge is -2.35. The molecule has 17 heavy (non-hydrogen) atoms. The third-order valence-corrected chi connectivity index (χ3v) is 3.98. The Morgan fingerprint density at radius 2 is 1.76 bits per heavy atom. The molecule has 0 aromatic heterocycles. The van der Waals surface area contributed by atoms with Gasteiger partial charge in [0.1, 0.15) is 5.60 Å². The van der Waals surface area contributed by atoms with Gasteiger partial charge in [0.25, 0.3) is 0 Å². The van der Waals surface area contributed by atoms with Gasteiger partial charge in [-0.1, -0.05) is 11.6 Å². The van der Waals surface area contributed by atoms with E-state index in [1.165, 1.54) is 12.0 Å². The minimum atomic E-state index is -0.909. The first-order valence-electron chi connectivity index (χ1n) is 5.47. The Morgan fingerprint density at radius 1 is 1.18 bits per heavy atom. The Bertz CT molecular complexity index is 377. The van der Waals surface area contributed by atoms with Gasteiger partial charge in [-0.05, 0) is 58.4 Å². The van der Waals surface area contributed by atoms with E-state index < -0.39 is 11.2 Å². The van der Waals surface area contributed by atoms with Gasteiger partial charge in [0.05, 0.1) is 5.60 Å². The minimum Gasteiger partial charge on any atom is -0.387 e. The molecule has 0 radical (unpaired) electrons. The van der Waals surface area contributed by atoms with Crippen molar-refractivity contribution in [2.45, 2.75) is 50.7 Å². The monoisotopic (exact) mass is 274 g/mol. The first-order chi connectivity index (χ1) is 7.62. The summed E-state index contributed by atoms with van der Waals surface area (Å²) < 4.78 is 5.70. The summed E-state index contributed by atoms with van der Waals surface area (Å²) in [6.07, 6.45) is 0. The lowest BCUT2D eigenvalue weighted by atomic mass is 9.90. The average molecular weight is 275 g/mol. The first kappa shape index (κ1) is 14.8. The Morgan fingerprint density at radius 3 is 2.24 bits per heavy atom. The van der Waals surface area contributed by atoms with Crippen LogP contribution in [0.4, 0.5) is 0 Å². The van der Waals surface area contributed by atoms with Gasteiger partial charge in [0.15, 0.2) is 0 Å². The van der Waals surface area contributed by atoms with E-state index >= 15 is 0 Å². The summed E-state index contributed by atoms with van der Waals surface area (Å²) in [6.45, 7) is 9.17. The fourth-order valence-electron chi connectivity index (χ4n) is 1.01. The molecular weight excluding hydrogens is 256 g/mol. The highest BCUT2D eigenvalue weighted by Gasteiger charge is 2.36. The van der Waals surface area contributed by atoms with Gasteiger partial charge in [-0.25, -0.2) is 0 Å². The van der Waals surface area contributed by atoms with E-state index in [2.05, 4.69) is 0 Å². The molecule has 0 bridgehead atoms. The van der Waals surface area contributed by atoms with Gasteiger partial charge in [-0.15, -0.1) is 0 Å². The Kier molecular flexibility index (Phi) is 4.53. The Balaban J connectivity index is 2.74. The van der Waals surface area contributed by atoms with E-state index in [-0.39, 0.29) is 0 Å². The molecule has 0 aliphatic carbocycles. The number of aliphatic hydroxyl groups is 1. The maximum Gasteiger partial charge on any atom is 0.106 e. The van der Waals surface area contributed by atoms with Crippen LogP contribution >= 0.6 is 23.6 Å². The second-order valence-electron chi connectivity index (χ2n) is 5.20. The van der Waals surface area contributed by atoms with Gasteiger partial charge in [-0.2, -0.15) is 0 Å². The van der Waals surface area contributed by atoms with Gasteiger partial charge in [0, 0.05) is 22.0 Å². The quantitative estimate of drug-likeness (QED) is 0.834. The van der Waals surface area contributed by atoms with Crippen LogP contribution in [0, 0.1) is 6.92 Å². The summed E-state index contributed by atoms with van der Waals surface area (Å²) in [4.78, 5) is 0.937. The summed E-state index contributed by atoms with van der Waals surface area (Å²) >= 11 is 7.21. The zero-order valence-corrected chi connectivity index (χ0v) is 12.4. The predicted octanol–water partition coefficient (Wildman–Crippen LogP) is 4.22. The third-order valence-electron chi connectivity index (χ3n) is 2.84. The van der Waals surface area contributed by atoms with Crippen molar-refractivity contribution in [3.8, 4) is 0 Å². The van der Waals surface area contributed by atoms with Crippen LogP contribution in [0.2, 0.25) is 5.02 Å². The minimum absolute atomic E-state index is 0.645. The molecule has 0 atom stereocenters. The number of hydrogen-bond donors (Lipinski definition) is 1. The molecule has 2 nitrogen and oxygen atoms in total. The highest BCUT2D eigenvalue weighted by Crippen LogP contribution is 2.34. The van der Waals surface area contributed by atoms with Crippen molar-refractivity contribution in [3.63, 3.8) is 0 Å². The summed E-state index contributed by atoms with van der Waals surface area (Å²) in [5.74, 6) is 0. The normalized spacial score (nSPS) is 12.9. The number of halogens is 1. The van der Waals surface area contributed by atoms with Crippen LogP contribution < -0.4 is 0 Å². The average Bonchev–Trinajstić information content (AvgIpc) is 2.11. The van der Waals surface area contributed by atoms with Crippen LogP contribution in [0.1, 0.15) is 33.3 Å². The van der Waals surface area contributed by atoms with Gasteiger partial charge < -0.3 is 9.29 Å². The molecule has 1 aromatic rings. The van der Waals surface area contributed by atoms with Crippen molar-refractivity contribution in [3.05, 3.63) is 28.8 Å². The zero-order valence-electron chi connectivity index (χ0n) is 10.9. The molecule has 0 heterocycles. The molecule has 0 aliphatic heterocycles. The largest absolute Gasteiger partial charge is 0.387 e. The smallest absolute Gasteiger partial charge is 0.106 e. The maximum absolute atomic E-state index is 9.97. The molecule has 0 spiro atoms.